The van der Waals surface area contributed by atoms with Crippen LogP contribution in [0.2, 0.25) is 0 Å². The van der Waals surface area contributed by atoms with Crippen molar-refractivity contribution in [1.29, 1.82) is 0 Å². The largest absolute Gasteiger partial charge is 0.454 e. The van der Waals surface area contributed by atoms with Crippen molar-refractivity contribution in [2.24, 2.45) is 5.92 Å². The Hall–Kier alpha value is -3.35. The smallest absolute Gasteiger partial charge is 0.329 e. The Balaban J connectivity index is 1.88. The number of ether oxygens (including phenoxy) is 1. The number of para-hydroxylation sites is 2. The quantitative estimate of drug-likeness (QED) is 0.593. The predicted octanol–water partition coefficient (Wildman–Crippen LogP) is 3.58. The molecular weight excluding hydrogens is 370 g/mol. The van der Waals surface area contributed by atoms with E-state index in [9.17, 15) is 14.4 Å². The van der Waals surface area contributed by atoms with Gasteiger partial charge < -0.3 is 20.7 Å². The Labute approximate surface area is 170 Å². The zero-order chi connectivity index (χ0) is 21.2. The molecule has 0 aliphatic carbocycles. The molecule has 0 heterocycles. The summed E-state index contributed by atoms with van der Waals surface area (Å²) in [5, 5.41) is 8.00. The molecule has 0 unspecified atom stereocenters. The van der Waals surface area contributed by atoms with Crippen LogP contribution in [-0.2, 0) is 20.7 Å². The second-order valence-electron chi connectivity index (χ2n) is 6.85. The second-order valence-corrected chi connectivity index (χ2v) is 6.85. The summed E-state index contributed by atoms with van der Waals surface area (Å²) >= 11 is 0. The second kappa shape index (κ2) is 10.8. The summed E-state index contributed by atoms with van der Waals surface area (Å²) in [5.41, 5.74) is 2.29. The number of urea groups is 1. The van der Waals surface area contributed by atoms with Gasteiger partial charge in [-0.25, -0.2) is 9.59 Å². The lowest BCUT2D eigenvalue weighted by Gasteiger charge is -2.21. The lowest BCUT2D eigenvalue weighted by molar-refractivity contribution is -0.150. The van der Waals surface area contributed by atoms with Crippen molar-refractivity contribution in [3.63, 3.8) is 0 Å². The molecule has 0 fully saturated rings. The third-order valence-electron chi connectivity index (χ3n) is 4.26. The first-order chi connectivity index (χ1) is 13.9. The molecule has 1 atom stereocenters. The molecule has 0 aliphatic rings. The number of rotatable bonds is 8. The van der Waals surface area contributed by atoms with E-state index in [4.69, 9.17) is 4.74 Å². The summed E-state index contributed by atoms with van der Waals surface area (Å²) in [6.45, 7) is 5.13. The van der Waals surface area contributed by atoms with Gasteiger partial charge in [-0.3, -0.25) is 4.79 Å². The highest BCUT2D eigenvalue weighted by atomic mass is 16.5. The topological polar surface area (TPSA) is 96.5 Å². The Morgan fingerprint density at radius 3 is 2.24 bits per heavy atom. The number of aryl methyl sites for hydroxylation is 1. The minimum Gasteiger partial charge on any atom is -0.454 e. The van der Waals surface area contributed by atoms with Gasteiger partial charge >= 0.3 is 12.0 Å². The van der Waals surface area contributed by atoms with Crippen LogP contribution in [0.5, 0.6) is 0 Å². The summed E-state index contributed by atoms with van der Waals surface area (Å²) in [6.07, 6.45) is 0.770. The van der Waals surface area contributed by atoms with Gasteiger partial charge in [0.25, 0.3) is 5.91 Å². The van der Waals surface area contributed by atoms with Gasteiger partial charge in [0.15, 0.2) is 6.61 Å². The third-order valence-corrected chi connectivity index (χ3v) is 4.26. The molecule has 2 aromatic carbocycles. The number of hydrogen-bond donors (Lipinski definition) is 3. The highest BCUT2D eigenvalue weighted by molar-refractivity contribution is 5.95. The Bertz CT molecular complexity index is 837. The SMILES string of the molecule is CCc1ccccc1NC(=O)COC(=O)[C@@H](NC(=O)Nc1ccccc1)C(C)C. The number of carbonyl (C=O) groups excluding carboxylic acids is 3. The molecule has 7 heteroatoms. The van der Waals surface area contributed by atoms with Crippen molar-refractivity contribution < 1.29 is 19.1 Å². The van der Waals surface area contributed by atoms with Crippen molar-refractivity contribution in [2.45, 2.75) is 33.2 Å². The zero-order valence-electron chi connectivity index (χ0n) is 16.9. The lowest BCUT2D eigenvalue weighted by Crippen LogP contribution is -2.47. The first kappa shape index (κ1) is 21.9. The molecule has 0 saturated heterocycles. The van der Waals surface area contributed by atoms with Crippen LogP contribution >= 0.6 is 0 Å². The monoisotopic (exact) mass is 397 g/mol. The summed E-state index contributed by atoms with van der Waals surface area (Å²) < 4.78 is 5.13. The van der Waals surface area contributed by atoms with E-state index in [1.54, 1.807) is 44.2 Å². The number of esters is 1. The number of hydrogen-bond acceptors (Lipinski definition) is 4. The van der Waals surface area contributed by atoms with Gasteiger partial charge in [-0.2, -0.15) is 0 Å². The standard InChI is InChI=1S/C22H27N3O4/c1-4-16-10-8-9-13-18(16)24-19(26)14-29-21(27)20(15(2)3)25-22(28)23-17-11-6-5-7-12-17/h5-13,15,20H,4,14H2,1-3H3,(H,24,26)(H2,23,25,28)/t20-/m0/s1. The summed E-state index contributed by atoms with van der Waals surface area (Å²) in [7, 11) is 0. The van der Waals surface area contributed by atoms with Crippen molar-refractivity contribution in [1.82, 2.24) is 5.32 Å². The summed E-state index contributed by atoms with van der Waals surface area (Å²) in [4.78, 5) is 36.7. The molecule has 0 spiro atoms. The normalized spacial score (nSPS) is 11.4. The predicted molar refractivity (Wildman–Crippen MR) is 113 cm³/mol. The maximum absolute atomic E-state index is 12.4. The first-order valence-corrected chi connectivity index (χ1v) is 9.57. The van der Waals surface area contributed by atoms with Gasteiger partial charge in [0.1, 0.15) is 6.04 Å². The average molecular weight is 397 g/mol. The zero-order valence-corrected chi connectivity index (χ0v) is 16.9. The van der Waals surface area contributed by atoms with E-state index < -0.39 is 30.6 Å². The van der Waals surface area contributed by atoms with Gasteiger partial charge in [0.05, 0.1) is 0 Å². The van der Waals surface area contributed by atoms with E-state index in [0.717, 1.165) is 12.0 Å². The van der Waals surface area contributed by atoms with Crippen LogP contribution in [0, 0.1) is 5.92 Å². The van der Waals surface area contributed by atoms with E-state index in [0.29, 0.717) is 11.4 Å². The molecule has 7 nitrogen and oxygen atoms in total. The van der Waals surface area contributed by atoms with Gasteiger partial charge in [0, 0.05) is 11.4 Å². The van der Waals surface area contributed by atoms with Crippen molar-refractivity contribution >= 4 is 29.3 Å². The third kappa shape index (κ3) is 6.95. The first-order valence-electron chi connectivity index (χ1n) is 9.57. The van der Waals surface area contributed by atoms with Gasteiger partial charge in [0.2, 0.25) is 0 Å². The maximum atomic E-state index is 12.4. The van der Waals surface area contributed by atoms with E-state index in [2.05, 4.69) is 16.0 Å². The van der Waals surface area contributed by atoms with Crippen LogP contribution in [0.15, 0.2) is 54.6 Å². The minimum atomic E-state index is -0.880. The molecule has 0 radical (unpaired) electrons. The van der Waals surface area contributed by atoms with Gasteiger partial charge in [-0.1, -0.05) is 57.2 Å². The van der Waals surface area contributed by atoms with Gasteiger partial charge in [-0.05, 0) is 36.1 Å². The summed E-state index contributed by atoms with van der Waals surface area (Å²) in [6, 6.07) is 14.9. The molecular formula is C22H27N3O4. The Morgan fingerprint density at radius 2 is 1.59 bits per heavy atom. The van der Waals surface area contributed by atoms with Gasteiger partial charge in [-0.15, -0.1) is 0 Å². The molecule has 3 amide bonds. The molecule has 0 saturated carbocycles. The van der Waals surface area contributed by atoms with E-state index in [-0.39, 0.29) is 5.92 Å². The Kier molecular flexibility index (Phi) is 8.21. The summed E-state index contributed by atoms with van der Waals surface area (Å²) in [5.74, 6) is -1.31. The fraction of sp³-hybridized carbons (Fsp3) is 0.318. The molecule has 3 N–H and O–H groups in total. The van der Waals surface area contributed by atoms with Crippen LogP contribution < -0.4 is 16.0 Å². The highest BCUT2D eigenvalue weighted by Gasteiger charge is 2.26. The number of amides is 3. The highest BCUT2D eigenvalue weighted by Crippen LogP contribution is 2.15. The average Bonchev–Trinajstić information content (AvgIpc) is 2.71. The minimum absolute atomic E-state index is 0.215. The number of carbonyl (C=O) groups is 3. The van der Waals surface area contributed by atoms with Crippen LogP contribution in [0.25, 0.3) is 0 Å². The molecule has 29 heavy (non-hydrogen) atoms. The number of anilines is 2. The van der Waals surface area contributed by atoms with Crippen molar-refractivity contribution in [3.05, 3.63) is 60.2 Å². The molecule has 0 aromatic heterocycles. The van der Waals surface area contributed by atoms with E-state index >= 15 is 0 Å². The number of nitrogens with one attached hydrogen (secondary N) is 3. The molecule has 2 aromatic rings. The van der Waals surface area contributed by atoms with Crippen molar-refractivity contribution in [3.8, 4) is 0 Å². The van der Waals surface area contributed by atoms with E-state index in [1.807, 2.05) is 31.2 Å². The fourth-order valence-corrected chi connectivity index (χ4v) is 2.69. The number of benzene rings is 2. The lowest BCUT2D eigenvalue weighted by atomic mass is 10.1. The fourth-order valence-electron chi connectivity index (χ4n) is 2.69. The van der Waals surface area contributed by atoms with E-state index in [1.165, 1.54) is 0 Å². The molecule has 0 bridgehead atoms. The van der Waals surface area contributed by atoms with Crippen LogP contribution in [-0.4, -0.2) is 30.6 Å². The van der Waals surface area contributed by atoms with Crippen LogP contribution in [0.3, 0.4) is 0 Å². The maximum Gasteiger partial charge on any atom is 0.329 e. The molecule has 0 aliphatic heterocycles. The Morgan fingerprint density at radius 1 is 0.931 bits per heavy atom. The van der Waals surface area contributed by atoms with Crippen LogP contribution in [0.4, 0.5) is 16.2 Å². The molecule has 2 rings (SSSR count). The van der Waals surface area contributed by atoms with Crippen molar-refractivity contribution in [2.75, 3.05) is 17.2 Å². The van der Waals surface area contributed by atoms with Crippen LogP contribution in [0.1, 0.15) is 26.3 Å². The molecule has 154 valence electrons.